The Balaban J connectivity index is 2.70. The Bertz CT molecular complexity index is 696. The van der Waals surface area contributed by atoms with Gasteiger partial charge in [-0.3, -0.25) is 14.9 Å². The number of nitro groups is 1. The minimum Gasteiger partial charge on any atom is -0.497 e. The van der Waals surface area contributed by atoms with Gasteiger partial charge in [-0.05, 0) is 30.3 Å². The van der Waals surface area contributed by atoms with Crippen molar-refractivity contribution in [2.45, 2.75) is 0 Å². The monoisotopic (exact) mass is 287 g/mol. The van der Waals surface area contributed by atoms with E-state index < -0.39 is 4.92 Å². The summed E-state index contributed by atoms with van der Waals surface area (Å²) in [6.45, 7) is 0. The Hall–Kier alpha value is -2.89. The number of nitro benzene ring substituents is 1. The van der Waals surface area contributed by atoms with E-state index in [9.17, 15) is 14.9 Å². The molecule has 0 amide bonds. The summed E-state index contributed by atoms with van der Waals surface area (Å²) in [4.78, 5) is 21.7. The zero-order chi connectivity index (χ0) is 15.4. The van der Waals surface area contributed by atoms with E-state index in [4.69, 9.17) is 9.47 Å². The highest BCUT2D eigenvalue weighted by Gasteiger charge is 2.19. The smallest absolute Gasteiger partial charge is 0.281 e. The van der Waals surface area contributed by atoms with Crippen LogP contribution in [0, 0.1) is 10.1 Å². The fourth-order valence-corrected chi connectivity index (χ4v) is 2.03. The van der Waals surface area contributed by atoms with Crippen molar-refractivity contribution in [3.63, 3.8) is 0 Å². The predicted molar refractivity (Wildman–Crippen MR) is 77.0 cm³/mol. The van der Waals surface area contributed by atoms with E-state index in [2.05, 4.69) is 0 Å². The molecule has 0 spiro atoms. The first-order valence-corrected chi connectivity index (χ1v) is 6.06. The zero-order valence-electron chi connectivity index (χ0n) is 11.5. The molecule has 2 rings (SSSR count). The molecular formula is C15H13NO5. The maximum absolute atomic E-state index is 11.3. The molecule has 0 aliphatic rings. The van der Waals surface area contributed by atoms with Crippen LogP contribution in [-0.4, -0.2) is 25.4 Å². The molecule has 108 valence electrons. The molecule has 0 aliphatic heterocycles. The number of aldehydes is 1. The second-order valence-electron chi connectivity index (χ2n) is 4.22. The highest BCUT2D eigenvalue weighted by Crippen LogP contribution is 2.38. The normalized spacial score (nSPS) is 10.0. The standard InChI is InChI=1S/C15H13NO5/c1-20-11-4-5-12(14(8-11)16(18)19)13-7-10(9-17)3-6-15(13)21-2/h3-9H,1-2H3. The van der Waals surface area contributed by atoms with Crippen LogP contribution in [0.15, 0.2) is 36.4 Å². The quantitative estimate of drug-likeness (QED) is 0.479. The van der Waals surface area contributed by atoms with Crippen molar-refractivity contribution in [3.05, 3.63) is 52.1 Å². The number of ether oxygens (including phenoxy) is 2. The van der Waals surface area contributed by atoms with Gasteiger partial charge in [0.05, 0.1) is 30.8 Å². The summed E-state index contributed by atoms with van der Waals surface area (Å²) in [7, 11) is 2.90. The SMILES string of the molecule is COc1ccc(-c2cc(C=O)ccc2OC)c([N+](=O)[O-])c1. The van der Waals surface area contributed by atoms with Crippen molar-refractivity contribution < 1.29 is 19.2 Å². The van der Waals surface area contributed by atoms with Gasteiger partial charge in [0.25, 0.3) is 5.69 Å². The van der Waals surface area contributed by atoms with Gasteiger partial charge in [0.15, 0.2) is 0 Å². The molecule has 2 aromatic rings. The number of hydrogen-bond acceptors (Lipinski definition) is 5. The molecule has 0 atom stereocenters. The van der Waals surface area contributed by atoms with E-state index in [1.807, 2.05) is 0 Å². The molecule has 0 bridgehead atoms. The van der Waals surface area contributed by atoms with E-state index in [0.717, 1.165) is 0 Å². The summed E-state index contributed by atoms with van der Waals surface area (Å²) < 4.78 is 10.2. The molecule has 21 heavy (non-hydrogen) atoms. The third-order valence-corrected chi connectivity index (χ3v) is 3.05. The van der Waals surface area contributed by atoms with Crippen LogP contribution in [-0.2, 0) is 0 Å². The number of benzene rings is 2. The minimum atomic E-state index is -0.495. The van der Waals surface area contributed by atoms with Crippen molar-refractivity contribution in [1.82, 2.24) is 0 Å². The average Bonchev–Trinajstić information content (AvgIpc) is 2.53. The summed E-state index contributed by atoms with van der Waals surface area (Å²) in [5, 5.41) is 11.3. The third kappa shape index (κ3) is 2.84. The van der Waals surface area contributed by atoms with Gasteiger partial charge in [-0.25, -0.2) is 0 Å². The molecular weight excluding hydrogens is 274 g/mol. The summed E-state index contributed by atoms with van der Waals surface area (Å²) in [5.41, 5.74) is 1.14. The van der Waals surface area contributed by atoms with Crippen LogP contribution in [0.5, 0.6) is 11.5 Å². The van der Waals surface area contributed by atoms with Crippen LogP contribution in [0.4, 0.5) is 5.69 Å². The number of rotatable bonds is 5. The number of methoxy groups -OCH3 is 2. The van der Waals surface area contributed by atoms with E-state index in [1.165, 1.54) is 20.3 Å². The second kappa shape index (κ2) is 6.04. The predicted octanol–water partition coefficient (Wildman–Crippen LogP) is 3.09. The lowest BCUT2D eigenvalue weighted by Gasteiger charge is -2.10. The van der Waals surface area contributed by atoms with Crippen LogP contribution in [0.1, 0.15) is 10.4 Å². The minimum absolute atomic E-state index is 0.115. The molecule has 0 saturated carbocycles. The Morgan fingerprint density at radius 2 is 1.81 bits per heavy atom. The lowest BCUT2D eigenvalue weighted by molar-refractivity contribution is -0.384. The van der Waals surface area contributed by atoms with Gasteiger partial charge in [0.2, 0.25) is 0 Å². The van der Waals surface area contributed by atoms with Gasteiger partial charge in [0, 0.05) is 11.1 Å². The number of carbonyl (C=O) groups excluding carboxylic acids is 1. The van der Waals surface area contributed by atoms with E-state index in [0.29, 0.717) is 34.5 Å². The van der Waals surface area contributed by atoms with E-state index in [-0.39, 0.29) is 5.69 Å². The van der Waals surface area contributed by atoms with Crippen molar-refractivity contribution in [3.8, 4) is 22.6 Å². The molecule has 0 aromatic heterocycles. The number of carbonyl (C=O) groups is 1. The zero-order valence-corrected chi connectivity index (χ0v) is 11.5. The van der Waals surface area contributed by atoms with Crippen LogP contribution >= 0.6 is 0 Å². The largest absolute Gasteiger partial charge is 0.497 e. The molecule has 0 radical (unpaired) electrons. The molecule has 0 unspecified atom stereocenters. The van der Waals surface area contributed by atoms with Crippen molar-refractivity contribution in [1.29, 1.82) is 0 Å². The topological polar surface area (TPSA) is 78.7 Å². The van der Waals surface area contributed by atoms with Gasteiger partial charge in [-0.15, -0.1) is 0 Å². The average molecular weight is 287 g/mol. The molecule has 2 aromatic carbocycles. The fourth-order valence-electron chi connectivity index (χ4n) is 2.03. The number of hydrogen-bond donors (Lipinski definition) is 0. The van der Waals surface area contributed by atoms with Gasteiger partial charge < -0.3 is 9.47 Å². The fraction of sp³-hybridized carbons (Fsp3) is 0.133. The lowest BCUT2D eigenvalue weighted by Crippen LogP contribution is -1.96. The molecule has 6 heteroatoms. The van der Waals surface area contributed by atoms with Crippen molar-refractivity contribution in [2.24, 2.45) is 0 Å². The highest BCUT2D eigenvalue weighted by atomic mass is 16.6. The van der Waals surface area contributed by atoms with Crippen molar-refractivity contribution >= 4 is 12.0 Å². The molecule has 0 fully saturated rings. The second-order valence-corrected chi connectivity index (χ2v) is 4.22. The molecule has 0 heterocycles. The van der Waals surface area contributed by atoms with Gasteiger partial charge in [-0.1, -0.05) is 0 Å². The Labute approximate surface area is 121 Å². The summed E-state index contributed by atoms with van der Waals surface area (Å²) in [6, 6.07) is 9.28. The molecule has 0 N–H and O–H groups in total. The first kappa shape index (κ1) is 14.5. The Morgan fingerprint density at radius 3 is 2.38 bits per heavy atom. The van der Waals surface area contributed by atoms with Crippen LogP contribution in [0.2, 0.25) is 0 Å². The van der Waals surface area contributed by atoms with Crippen LogP contribution in [0.25, 0.3) is 11.1 Å². The molecule has 0 aliphatic carbocycles. The maximum atomic E-state index is 11.3. The van der Waals surface area contributed by atoms with E-state index in [1.54, 1.807) is 30.3 Å². The first-order valence-electron chi connectivity index (χ1n) is 6.06. The maximum Gasteiger partial charge on any atom is 0.281 e. The Morgan fingerprint density at radius 1 is 1.05 bits per heavy atom. The van der Waals surface area contributed by atoms with Crippen LogP contribution in [0.3, 0.4) is 0 Å². The summed E-state index contributed by atoms with van der Waals surface area (Å²) in [6.07, 6.45) is 0.679. The first-order chi connectivity index (χ1) is 10.1. The van der Waals surface area contributed by atoms with Crippen molar-refractivity contribution in [2.75, 3.05) is 14.2 Å². The molecule has 0 saturated heterocycles. The summed E-state index contributed by atoms with van der Waals surface area (Å²) >= 11 is 0. The lowest BCUT2D eigenvalue weighted by atomic mass is 10.0. The Kier molecular flexibility index (Phi) is 4.18. The van der Waals surface area contributed by atoms with E-state index >= 15 is 0 Å². The van der Waals surface area contributed by atoms with Crippen LogP contribution < -0.4 is 9.47 Å². The third-order valence-electron chi connectivity index (χ3n) is 3.05. The highest BCUT2D eigenvalue weighted by molar-refractivity contribution is 5.85. The van der Waals surface area contributed by atoms with Gasteiger partial charge >= 0.3 is 0 Å². The van der Waals surface area contributed by atoms with Gasteiger partial charge in [-0.2, -0.15) is 0 Å². The summed E-state index contributed by atoms with van der Waals surface area (Å²) in [5.74, 6) is 0.838. The number of nitrogens with zero attached hydrogens (tertiary/aromatic N) is 1. The molecule has 6 nitrogen and oxygen atoms in total. The van der Waals surface area contributed by atoms with Gasteiger partial charge in [0.1, 0.15) is 17.8 Å².